The summed E-state index contributed by atoms with van der Waals surface area (Å²) >= 11 is 0. The first-order chi connectivity index (χ1) is 8.91. The number of amides is 1. The van der Waals surface area contributed by atoms with E-state index >= 15 is 0 Å². The maximum Gasteiger partial charge on any atom is 0.329 e. The predicted octanol–water partition coefficient (Wildman–Crippen LogP) is 1.65. The van der Waals surface area contributed by atoms with Crippen LogP contribution in [-0.4, -0.2) is 28.6 Å². The lowest BCUT2D eigenvalue weighted by molar-refractivity contribution is -0.149. The van der Waals surface area contributed by atoms with E-state index in [4.69, 9.17) is 5.73 Å². The van der Waals surface area contributed by atoms with Crippen molar-refractivity contribution in [1.29, 1.82) is 0 Å². The summed E-state index contributed by atoms with van der Waals surface area (Å²) in [5.74, 6) is -0.737. The number of nitrogens with one attached hydrogen (secondary N) is 1. The molecular formula is C14H26N2O3. The number of hydrogen-bond acceptors (Lipinski definition) is 3. The molecule has 0 aromatic carbocycles. The van der Waals surface area contributed by atoms with Crippen LogP contribution in [-0.2, 0) is 9.59 Å². The van der Waals surface area contributed by atoms with E-state index in [0.29, 0.717) is 25.2 Å². The van der Waals surface area contributed by atoms with Crippen LogP contribution in [0.15, 0.2) is 0 Å². The molecule has 5 nitrogen and oxygen atoms in total. The van der Waals surface area contributed by atoms with E-state index in [1.807, 2.05) is 6.92 Å². The zero-order chi connectivity index (χ0) is 14.5. The second kappa shape index (κ2) is 6.89. The molecule has 0 spiro atoms. The molecule has 1 unspecified atom stereocenters. The van der Waals surface area contributed by atoms with Gasteiger partial charge in [0, 0.05) is 0 Å². The van der Waals surface area contributed by atoms with Crippen molar-refractivity contribution >= 4 is 11.9 Å². The minimum atomic E-state index is -1.10. The summed E-state index contributed by atoms with van der Waals surface area (Å²) in [5, 5.41) is 12.1. The lowest BCUT2D eigenvalue weighted by Gasteiger charge is -2.37. The molecule has 0 heterocycles. The number of hydrogen-bond donors (Lipinski definition) is 3. The van der Waals surface area contributed by atoms with Crippen LogP contribution < -0.4 is 11.1 Å². The van der Waals surface area contributed by atoms with Crippen molar-refractivity contribution in [1.82, 2.24) is 5.32 Å². The van der Waals surface area contributed by atoms with Crippen molar-refractivity contribution in [3.63, 3.8) is 0 Å². The molecule has 0 bridgehead atoms. The third-order valence-corrected chi connectivity index (χ3v) is 4.11. The molecule has 1 aliphatic carbocycles. The number of carbonyl (C=O) groups excluding carboxylic acids is 1. The van der Waals surface area contributed by atoms with E-state index in [-0.39, 0.29) is 5.91 Å². The van der Waals surface area contributed by atoms with E-state index < -0.39 is 17.6 Å². The topological polar surface area (TPSA) is 92.4 Å². The molecule has 1 fully saturated rings. The Morgan fingerprint density at radius 3 is 2.47 bits per heavy atom. The monoisotopic (exact) mass is 270 g/mol. The lowest BCUT2D eigenvalue weighted by Crippen LogP contribution is -2.59. The van der Waals surface area contributed by atoms with Crippen molar-refractivity contribution in [2.45, 2.75) is 70.4 Å². The molecule has 5 heteroatoms. The van der Waals surface area contributed by atoms with Crippen LogP contribution in [0, 0.1) is 5.92 Å². The van der Waals surface area contributed by atoms with E-state index in [2.05, 4.69) is 12.2 Å². The van der Waals surface area contributed by atoms with Crippen LogP contribution in [0.2, 0.25) is 0 Å². The first kappa shape index (κ1) is 16.0. The molecule has 19 heavy (non-hydrogen) atoms. The van der Waals surface area contributed by atoms with Crippen LogP contribution in [0.5, 0.6) is 0 Å². The van der Waals surface area contributed by atoms with E-state index in [9.17, 15) is 14.7 Å². The van der Waals surface area contributed by atoms with Crippen LogP contribution in [0.1, 0.15) is 58.8 Å². The van der Waals surface area contributed by atoms with E-state index in [1.165, 1.54) is 0 Å². The van der Waals surface area contributed by atoms with E-state index in [0.717, 1.165) is 25.7 Å². The fraction of sp³-hybridized carbons (Fsp3) is 0.857. The molecular weight excluding hydrogens is 244 g/mol. The van der Waals surface area contributed by atoms with Gasteiger partial charge < -0.3 is 16.2 Å². The Morgan fingerprint density at radius 1 is 1.42 bits per heavy atom. The van der Waals surface area contributed by atoms with Gasteiger partial charge in [-0.1, -0.05) is 26.7 Å². The third kappa shape index (κ3) is 4.20. The zero-order valence-electron chi connectivity index (χ0n) is 11.9. The summed E-state index contributed by atoms with van der Waals surface area (Å²) in [6, 6.07) is -0.601. The average Bonchev–Trinajstić information content (AvgIpc) is 2.38. The first-order valence-electron chi connectivity index (χ1n) is 7.22. The molecule has 1 rings (SSSR count). The largest absolute Gasteiger partial charge is 0.480 e. The SMILES string of the molecule is CCCCC(N)C(=O)NC1(C(=O)O)CCC(C)CC1. The Bertz CT molecular complexity index is 323. The van der Waals surface area contributed by atoms with Gasteiger partial charge in [0.15, 0.2) is 0 Å². The van der Waals surface area contributed by atoms with E-state index in [1.54, 1.807) is 0 Å². The zero-order valence-corrected chi connectivity index (χ0v) is 11.9. The van der Waals surface area contributed by atoms with Crippen LogP contribution in [0.25, 0.3) is 0 Å². The molecule has 0 aromatic rings. The standard InChI is InChI=1S/C14H26N2O3/c1-3-4-5-11(15)12(17)16-14(13(18)19)8-6-10(2)7-9-14/h10-11H,3-9,15H2,1-2H3,(H,16,17)(H,18,19). The maximum atomic E-state index is 12.0. The molecule has 1 saturated carbocycles. The highest BCUT2D eigenvalue weighted by molar-refractivity contribution is 5.89. The first-order valence-corrected chi connectivity index (χ1v) is 7.22. The molecule has 0 aliphatic heterocycles. The summed E-state index contributed by atoms with van der Waals surface area (Å²) in [6.07, 6.45) is 5.11. The number of unbranched alkanes of at least 4 members (excludes halogenated alkanes) is 1. The second-order valence-corrected chi connectivity index (χ2v) is 5.81. The van der Waals surface area contributed by atoms with Gasteiger partial charge in [0.1, 0.15) is 5.54 Å². The summed E-state index contributed by atoms with van der Waals surface area (Å²) in [6.45, 7) is 4.15. The van der Waals surface area contributed by atoms with Gasteiger partial charge in [-0.05, 0) is 38.0 Å². The molecule has 110 valence electrons. The van der Waals surface area contributed by atoms with Crippen molar-refractivity contribution in [3.8, 4) is 0 Å². The van der Waals surface area contributed by atoms with Gasteiger partial charge in [-0.25, -0.2) is 4.79 Å². The normalized spacial score (nSPS) is 28.7. The minimum absolute atomic E-state index is 0.328. The molecule has 1 amide bonds. The fourth-order valence-electron chi connectivity index (χ4n) is 2.53. The number of rotatable bonds is 6. The summed E-state index contributed by atoms with van der Waals surface area (Å²) in [4.78, 5) is 23.5. The fourth-order valence-corrected chi connectivity index (χ4v) is 2.53. The van der Waals surface area contributed by atoms with Crippen molar-refractivity contribution in [2.75, 3.05) is 0 Å². The van der Waals surface area contributed by atoms with Gasteiger partial charge >= 0.3 is 5.97 Å². The smallest absolute Gasteiger partial charge is 0.329 e. The molecule has 0 saturated heterocycles. The number of carbonyl (C=O) groups is 2. The molecule has 1 atom stereocenters. The lowest BCUT2D eigenvalue weighted by atomic mass is 9.77. The van der Waals surface area contributed by atoms with Crippen molar-refractivity contribution < 1.29 is 14.7 Å². The number of nitrogens with two attached hydrogens (primary N) is 1. The Hall–Kier alpha value is -1.10. The number of carboxylic acids is 1. The van der Waals surface area contributed by atoms with Crippen molar-refractivity contribution in [3.05, 3.63) is 0 Å². The van der Waals surface area contributed by atoms with Crippen LogP contribution in [0.3, 0.4) is 0 Å². The third-order valence-electron chi connectivity index (χ3n) is 4.11. The molecule has 0 aromatic heterocycles. The highest BCUT2D eigenvalue weighted by atomic mass is 16.4. The number of aliphatic carboxylic acids is 1. The Labute approximate surface area is 114 Å². The van der Waals surface area contributed by atoms with Crippen molar-refractivity contribution in [2.24, 2.45) is 11.7 Å². The Kier molecular flexibility index (Phi) is 5.79. The van der Waals surface area contributed by atoms with Gasteiger partial charge in [-0.3, -0.25) is 4.79 Å². The maximum absolute atomic E-state index is 12.0. The molecule has 1 aliphatic rings. The summed E-state index contributed by atoms with van der Waals surface area (Å²) in [7, 11) is 0. The molecule has 4 N–H and O–H groups in total. The van der Waals surface area contributed by atoms with Crippen LogP contribution in [0.4, 0.5) is 0 Å². The van der Waals surface area contributed by atoms with Gasteiger partial charge in [0.2, 0.25) is 5.91 Å². The van der Waals surface area contributed by atoms with Gasteiger partial charge in [-0.15, -0.1) is 0 Å². The average molecular weight is 270 g/mol. The van der Waals surface area contributed by atoms with Gasteiger partial charge in [0.25, 0.3) is 0 Å². The second-order valence-electron chi connectivity index (χ2n) is 5.81. The predicted molar refractivity (Wildman–Crippen MR) is 73.6 cm³/mol. The summed E-state index contributed by atoms with van der Waals surface area (Å²) in [5.41, 5.74) is 4.70. The highest BCUT2D eigenvalue weighted by Gasteiger charge is 2.43. The highest BCUT2D eigenvalue weighted by Crippen LogP contribution is 2.32. The quantitative estimate of drug-likeness (QED) is 0.684. The number of carboxylic acid groups (broad SMARTS) is 1. The Morgan fingerprint density at radius 2 is 2.00 bits per heavy atom. The Balaban J connectivity index is 2.63. The van der Waals surface area contributed by atoms with Gasteiger partial charge in [-0.2, -0.15) is 0 Å². The minimum Gasteiger partial charge on any atom is -0.480 e. The van der Waals surface area contributed by atoms with Crippen LogP contribution >= 0.6 is 0 Å². The molecule has 0 radical (unpaired) electrons. The summed E-state index contributed by atoms with van der Waals surface area (Å²) < 4.78 is 0. The van der Waals surface area contributed by atoms with Gasteiger partial charge in [0.05, 0.1) is 6.04 Å².